The van der Waals surface area contributed by atoms with Crippen LogP contribution in [-0.4, -0.2) is 38.9 Å². The molecule has 2 aliphatic heterocycles. The van der Waals surface area contributed by atoms with Crippen molar-refractivity contribution in [2.45, 2.75) is 12.5 Å². The molecule has 3 rings (SSSR count). The summed E-state index contributed by atoms with van der Waals surface area (Å²) >= 11 is 0. The summed E-state index contributed by atoms with van der Waals surface area (Å²) in [5.74, 6) is 1.23. The Hall–Kier alpha value is -1.53. The third-order valence-electron chi connectivity index (χ3n) is 4.12. The van der Waals surface area contributed by atoms with Gasteiger partial charge in [0.2, 0.25) is 6.79 Å². The standard InChI is InChI=1S/C14H19FN2O3/c1-17-6-8(5-16)3-9(17)12-13(15)10(18-2)4-11-14(12)20-7-19-11/h4,8-9H,3,5-7,16H2,1-2H3. The van der Waals surface area contributed by atoms with Gasteiger partial charge in [-0.15, -0.1) is 0 Å². The molecular weight excluding hydrogens is 263 g/mol. The molecule has 0 saturated carbocycles. The first-order chi connectivity index (χ1) is 9.65. The molecule has 1 saturated heterocycles. The van der Waals surface area contributed by atoms with Crippen molar-refractivity contribution in [2.75, 3.05) is 34.0 Å². The highest BCUT2D eigenvalue weighted by molar-refractivity contribution is 5.55. The van der Waals surface area contributed by atoms with E-state index in [4.69, 9.17) is 19.9 Å². The molecule has 0 amide bonds. The van der Waals surface area contributed by atoms with Crippen LogP contribution in [0, 0.1) is 11.7 Å². The lowest BCUT2D eigenvalue weighted by Crippen LogP contribution is -2.21. The number of fused-ring (bicyclic) bond motifs is 1. The van der Waals surface area contributed by atoms with E-state index in [1.807, 2.05) is 7.05 Å². The molecule has 2 atom stereocenters. The van der Waals surface area contributed by atoms with E-state index in [9.17, 15) is 4.39 Å². The van der Waals surface area contributed by atoms with Crippen LogP contribution in [0.4, 0.5) is 4.39 Å². The number of ether oxygens (including phenoxy) is 3. The zero-order valence-electron chi connectivity index (χ0n) is 11.7. The SMILES string of the molecule is COc1cc2c(c(C3CC(CN)CN3C)c1F)OCO2. The molecule has 2 unspecified atom stereocenters. The number of hydrogen-bond donors (Lipinski definition) is 1. The van der Waals surface area contributed by atoms with Crippen LogP contribution in [0.3, 0.4) is 0 Å². The zero-order chi connectivity index (χ0) is 14.3. The number of methoxy groups -OCH3 is 1. The molecule has 5 nitrogen and oxygen atoms in total. The minimum atomic E-state index is -0.369. The first-order valence-corrected chi connectivity index (χ1v) is 6.72. The van der Waals surface area contributed by atoms with E-state index in [1.165, 1.54) is 13.2 Å². The molecular formula is C14H19FN2O3. The highest BCUT2D eigenvalue weighted by Crippen LogP contribution is 2.48. The maximum Gasteiger partial charge on any atom is 0.231 e. The molecule has 0 spiro atoms. The normalized spacial score (nSPS) is 25.2. The smallest absolute Gasteiger partial charge is 0.231 e. The van der Waals surface area contributed by atoms with Gasteiger partial charge in [0.05, 0.1) is 12.7 Å². The second kappa shape index (κ2) is 5.10. The van der Waals surface area contributed by atoms with E-state index in [-0.39, 0.29) is 24.4 Å². The monoisotopic (exact) mass is 282 g/mol. The van der Waals surface area contributed by atoms with Crippen molar-refractivity contribution in [2.24, 2.45) is 11.7 Å². The van der Waals surface area contributed by atoms with Gasteiger partial charge in [0.1, 0.15) is 0 Å². The summed E-state index contributed by atoms with van der Waals surface area (Å²) in [7, 11) is 3.42. The fraction of sp³-hybridized carbons (Fsp3) is 0.571. The van der Waals surface area contributed by atoms with Gasteiger partial charge in [0, 0.05) is 18.7 Å². The Balaban J connectivity index is 2.06. The summed E-state index contributed by atoms with van der Waals surface area (Å²) in [5, 5.41) is 0. The Labute approximate surface area is 117 Å². The number of nitrogens with zero attached hydrogens (tertiary/aromatic N) is 1. The summed E-state index contributed by atoms with van der Waals surface area (Å²) in [6.07, 6.45) is 0.812. The van der Waals surface area contributed by atoms with Crippen molar-refractivity contribution < 1.29 is 18.6 Å². The number of hydrogen-bond acceptors (Lipinski definition) is 5. The van der Waals surface area contributed by atoms with E-state index < -0.39 is 0 Å². The van der Waals surface area contributed by atoms with E-state index in [2.05, 4.69) is 4.90 Å². The van der Waals surface area contributed by atoms with Gasteiger partial charge in [0.25, 0.3) is 0 Å². The van der Waals surface area contributed by atoms with Crippen LogP contribution in [0.5, 0.6) is 17.2 Å². The predicted molar refractivity (Wildman–Crippen MR) is 71.6 cm³/mol. The highest BCUT2D eigenvalue weighted by atomic mass is 19.1. The fourth-order valence-corrected chi connectivity index (χ4v) is 3.08. The fourth-order valence-electron chi connectivity index (χ4n) is 3.08. The molecule has 1 aromatic rings. The lowest BCUT2D eigenvalue weighted by Gasteiger charge is -2.22. The maximum atomic E-state index is 14.7. The van der Waals surface area contributed by atoms with Gasteiger partial charge in [0.15, 0.2) is 23.1 Å². The zero-order valence-corrected chi connectivity index (χ0v) is 11.7. The van der Waals surface area contributed by atoms with E-state index >= 15 is 0 Å². The largest absolute Gasteiger partial charge is 0.494 e. The maximum absolute atomic E-state index is 14.7. The number of rotatable bonds is 3. The van der Waals surface area contributed by atoms with Gasteiger partial charge in [-0.25, -0.2) is 4.39 Å². The van der Waals surface area contributed by atoms with Crippen molar-refractivity contribution in [3.05, 3.63) is 17.4 Å². The Morgan fingerprint density at radius 2 is 2.30 bits per heavy atom. The first-order valence-electron chi connectivity index (χ1n) is 6.72. The molecule has 2 N–H and O–H groups in total. The van der Waals surface area contributed by atoms with Crippen LogP contribution in [-0.2, 0) is 0 Å². The molecule has 0 aliphatic carbocycles. The lowest BCUT2D eigenvalue weighted by atomic mass is 9.98. The number of benzene rings is 1. The topological polar surface area (TPSA) is 57.0 Å². The second-order valence-corrected chi connectivity index (χ2v) is 5.33. The van der Waals surface area contributed by atoms with Gasteiger partial charge < -0.3 is 19.9 Å². The van der Waals surface area contributed by atoms with E-state index in [1.54, 1.807) is 0 Å². The van der Waals surface area contributed by atoms with Crippen molar-refractivity contribution in [1.82, 2.24) is 4.90 Å². The van der Waals surface area contributed by atoms with Crippen molar-refractivity contribution in [3.8, 4) is 17.2 Å². The number of nitrogens with two attached hydrogens (primary N) is 1. The lowest BCUT2D eigenvalue weighted by molar-refractivity contribution is 0.171. The predicted octanol–water partition coefficient (Wildman–Crippen LogP) is 1.51. The van der Waals surface area contributed by atoms with E-state index in [0.29, 0.717) is 29.5 Å². The van der Waals surface area contributed by atoms with Crippen molar-refractivity contribution in [3.63, 3.8) is 0 Å². The number of likely N-dealkylation sites (tertiary alicyclic amines) is 1. The minimum absolute atomic E-state index is 0.0610. The summed E-state index contributed by atoms with van der Waals surface area (Å²) < 4.78 is 30.6. The van der Waals surface area contributed by atoms with Gasteiger partial charge in [-0.3, -0.25) is 4.90 Å². The average Bonchev–Trinajstić information content (AvgIpc) is 3.04. The quantitative estimate of drug-likeness (QED) is 0.911. The molecule has 1 aromatic carbocycles. The Morgan fingerprint density at radius 1 is 1.50 bits per heavy atom. The van der Waals surface area contributed by atoms with Crippen LogP contribution >= 0.6 is 0 Å². The Bertz CT molecular complexity index is 523. The van der Waals surface area contributed by atoms with Crippen LogP contribution in [0.1, 0.15) is 18.0 Å². The molecule has 6 heteroatoms. The third-order valence-corrected chi connectivity index (χ3v) is 4.12. The first kappa shape index (κ1) is 13.5. The molecule has 1 fully saturated rings. The minimum Gasteiger partial charge on any atom is -0.494 e. The van der Waals surface area contributed by atoms with Gasteiger partial charge >= 0.3 is 0 Å². The molecule has 2 aliphatic rings. The highest BCUT2D eigenvalue weighted by Gasteiger charge is 2.37. The molecule has 0 aromatic heterocycles. The summed E-state index contributed by atoms with van der Waals surface area (Å²) in [6.45, 7) is 1.57. The average molecular weight is 282 g/mol. The Morgan fingerprint density at radius 3 is 2.95 bits per heavy atom. The molecule has 0 bridgehead atoms. The second-order valence-electron chi connectivity index (χ2n) is 5.33. The van der Waals surface area contributed by atoms with Crippen LogP contribution in [0.2, 0.25) is 0 Å². The van der Waals surface area contributed by atoms with Gasteiger partial charge in [-0.2, -0.15) is 0 Å². The molecule has 0 radical (unpaired) electrons. The summed E-state index contributed by atoms with van der Waals surface area (Å²) in [6, 6.07) is 1.48. The summed E-state index contributed by atoms with van der Waals surface area (Å²) in [5.41, 5.74) is 6.27. The van der Waals surface area contributed by atoms with Crippen LogP contribution < -0.4 is 19.9 Å². The van der Waals surface area contributed by atoms with Gasteiger partial charge in [-0.1, -0.05) is 0 Å². The van der Waals surface area contributed by atoms with Crippen molar-refractivity contribution >= 4 is 0 Å². The third kappa shape index (κ3) is 1.99. The molecule has 2 heterocycles. The van der Waals surface area contributed by atoms with Crippen LogP contribution in [0.25, 0.3) is 0 Å². The van der Waals surface area contributed by atoms with Crippen molar-refractivity contribution in [1.29, 1.82) is 0 Å². The van der Waals surface area contributed by atoms with Gasteiger partial charge in [-0.05, 0) is 25.9 Å². The number of halogens is 1. The van der Waals surface area contributed by atoms with Crippen LogP contribution in [0.15, 0.2) is 6.07 Å². The molecule has 110 valence electrons. The summed E-state index contributed by atoms with van der Waals surface area (Å²) in [4.78, 5) is 2.11. The molecule has 20 heavy (non-hydrogen) atoms. The van der Waals surface area contributed by atoms with E-state index in [0.717, 1.165) is 13.0 Å². The Kier molecular flexibility index (Phi) is 3.43.